The molecular weight excluding hydrogens is 273 g/mol. The summed E-state index contributed by atoms with van der Waals surface area (Å²) in [5, 5.41) is 2.81. The summed E-state index contributed by atoms with van der Waals surface area (Å²) in [4.78, 5) is 11.3. The van der Waals surface area contributed by atoms with Gasteiger partial charge in [0.2, 0.25) is 0 Å². The molecule has 0 unspecified atom stereocenters. The fourth-order valence-electron chi connectivity index (χ4n) is 1.22. The van der Waals surface area contributed by atoms with Crippen LogP contribution < -0.4 is 10.1 Å². The van der Waals surface area contributed by atoms with Crippen LogP contribution >= 0.6 is 11.6 Å². The number of amides is 1. The average molecular weight is 290 g/mol. The lowest BCUT2D eigenvalue weighted by Crippen LogP contribution is -2.34. The van der Waals surface area contributed by atoms with Crippen molar-refractivity contribution in [3.8, 4) is 5.75 Å². The van der Waals surface area contributed by atoms with Crippen LogP contribution in [0.25, 0.3) is 0 Å². The van der Waals surface area contributed by atoms with E-state index in [9.17, 15) is 9.18 Å². The Morgan fingerprint density at radius 2 is 2.11 bits per heavy atom. The van der Waals surface area contributed by atoms with Crippen molar-refractivity contribution in [1.82, 2.24) is 5.32 Å². The number of alkyl carbamates (subject to hydrolysis) is 1. The molecule has 0 aliphatic rings. The van der Waals surface area contributed by atoms with Crippen LogP contribution in [0, 0.1) is 5.82 Å². The average Bonchev–Trinajstić information content (AvgIpc) is 2.24. The zero-order chi connectivity index (χ0) is 14.5. The molecule has 1 aromatic carbocycles. The third kappa shape index (κ3) is 6.29. The molecule has 106 valence electrons. The quantitative estimate of drug-likeness (QED) is 0.864. The zero-order valence-electron chi connectivity index (χ0n) is 11.1. The Bertz CT molecular complexity index is 446. The fraction of sp³-hybridized carbons (Fsp3) is 0.462. The first-order chi connectivity index (χ1) is 8.78. The summed E-state index contributed by atoms with van der Waals surface area (Å²) in [6.45, 7) is 5.67. The molecule has 1 N–H and O–H groups in total. The van der Waals surface area contributed by atoms with E-state index < -0.39 is 17.5 Å². The van der Waals surface area contributed by atoms with Crippen LogP contribution in [-0.4, -0.2) is 24.8 Å². The van der Waals surface area contributed by atoms with E-state index in [1.54, 1.807) is 20.8 Å². The van der Waals surface area contributed by atoms with Gasteiger partial charge in [-0.25, -0.2) is 9.18 Å². The molecule has 0 aliphatic carbocycles. The Morgan fingerprint density at radius 3 is 2.68 bits per heavy atom. The first kappa shape index (κ1) is 15.6. The third-order valence-electron chi connectivity index (χ3n) is 1.92. The summed E-state index contributed by atoms with van der Waals surface area (Å²) in [5.41, 5.74) is -0.548. The van der Waals surface area contributed by atoms with Gasteiger partial charge in [-0.05, 0) is 39.0 Å². The highest BCUT2D eigenvalue weighted by Gasteiger charge is 2.15. The van der Waals surface area contributed by atoms with E-state index >= 15 is 0 Å². The van der Waals surface area contributed by atoms with Gasteiger partial charge in [0.25, 0.3) is 0 Å². The van der Waals surface area contributed by atoms with Gasteiger partial charge in [0.1, 0.15) is 12.2 Å². The Hall–Kier alpha value is -1.49. The number of carbonyl (C=O) groups is 1. The lowest BCUT2D eigenvalue weighted by Gasteiger charge is -2.19. The minimum Gasteiger partial charge on any atom is -0.489 e. The van der Waals surface area contributed by atoms with Crippen molar-refractivity contribution >= 4 is 17.7 Å². The van der Waals surface area contributed by atoms with Gasteiger partial charge in [0, 0.05) is 5.02 Å². The van der Waals surface area contributed by atoms with E-state index in [1.165, 1.54) is 12.1 Å². The van der Waals surface area contributed by atoms with Crippen molar-refractivity contribution in [3.63, 3.8) is 0 Å². The number of hydrogen-bond acceptors (Lipinski definition) is 3. The standard InChI is InChI=1S/C13H17ClFNO3/c1-13(2,3)19-12(17)16-6-7-18-11-5-4-9(14)8-10(11)15/h4-5,8H,6-7H2,1-3H3,(H,16,17). The van der Waals surface area contributed by atoms with Gasteiger partial charge in [-0.1, -0.05) is 11.6 Å². The molecular formula is C13H17ClFNO3. The van der Waals surface area contributed by atoms with Crippen LogP contribution in [0.2, 0.25) is 5.02 Å². The highest BCUT2D eigenvalue weighted by molar-refractivity contribution is 6.30. The molecule has 4 nitrogen and oxygen atoms in total. The van der Waals surface area contributed by atoms with E-state index in [2.05, 4.69) is 5.32 Å². The summed E-state index contributed by atoms with van der Waals surface area (Å²) in [5.74, 6) is -0.444. The van der Waals surface area contributed by atoms with Gasteiger partial charge < -0.3 is 14.8 Å². The molecule has 0 fully saturated rings. The van der Waals surface area contributed by atoms with E-state index in [0.29, 0.717) is 5.02 Å². The van der Waals surface area contributed by atoms with Crippen LogP contribution in [0.5, 0.6) is 5.75 Å². The molecule has 0 atom stereocenters. The topological polar surface area (TPSA) is 47.6 Å². The third-order valence-corrected chi connectivity index (χ3v) is 2.16. The smallest absolute Gasteiger partial charge is 0.407 e. The summed E-state index contributed by atoms with van der Waals surface area (Å²) in [7, 11) is 0. The molecule has 0 spiro atoms. The second kappa shape index (κ2) is 6.61. The number of ether oxygens (including phenoxy) is 2. The predicted octanol–water partition coefficient (Wildman–Crippen LogP) is 3.38. The minimum absolute atomic E-state index is 0.0930. The summed E-state index contributed by atoms with van der Waals surface area (Å²) in [6, 6.07) is 4.13. The maximum atomic E-state index is 13.3. The van der Waals surface area contributed by atoms with Crippen molar-refractivity contribution in [2.45, 2.75) is 26.4 Å². The molecule has 6 heteroatoms. The fourth-order valence-corrected chi connectivity index (χ4v) is 1.38. The maximum absolute atomic E-state index is 13.3. The van der Waals surface area contributed by atoms with Gasteiger partial charge in [-0.2, -0.15) is 0 Å². The Labute approximate surface area is 116 Å². The van der Waals surface area contributed by atoms with Gasteiger partial charge in [-0.15, -0.1) is 0 Å². The molecule has 0 heterocycles. The number of benzene rings is 1. The zero-order valence-corrected chi connectivity index (χ0v) is 11.9. The molecule has 1 amide bonds. The second-order valence-electron chi connectivity index (χ2n) is 4.85. The van der Waals surface area contributed by atoms with E-state index in [-0.39, 0.29) is 18.9 Å². The SMILES string of the molecule is CC(C)(C)OC(=O)NCCOc1ccc(Cl)cc1F. The Kier molecular flexibility index (Phi) is 5.42. The lowest BCUT2D eigenvalue weighted by atomic mass is 10.2. The highest BCUT2D eigenvalue weighted by Crippen LogP contribution is 2.20. The minimum atomic E-state index is -0.548. The molecule has 19 heavy (non-hydrogen) atoms. The summed E-state index contributed by atoms with van der Waals surface area (Å²) >= 11 is 5.61. The van der Waals surface area contributed by atoms with Crippen molar-refractivity contribution in [2.24, 2.45) is 0 Å². The van der Waals surface area contributed by atoms with Crippen molar-refractivity contribution in [1.29, 1.82) is 0 Å². The van der Waals surface area contributed by atoms with Crippen LogP contribution in [0.15, 0.2) is 18.2 Å². The van der Waals surface area contributed by atoms with Crippen LogP contribution in [0.4, 0.5) is 9.18 Å². The molecule has 0 radical (unpaired) electrons. The van der Waals surface area contributed by atoms with E-state index in [0.717, 1.165) is 6.07 Å². The van der Waals surface area contributed by atoms with Crippen LogP contribution in [0.1, 0.15) is 20.8 Å². The van der Waals surface area contributed by atoms with Crippen molar-refractivity contribution < 1.29 is 18.7 Å². The van der Waals surface area contributed by atoms with Gasteiger partial charge in [0.05, 0.1) is 6.54 Å². The first-order valence-electron chi connectivity index (χ1n) is 5.82. The molecule has 0 bridgehead atoms. The Balaban J connectivity index is 2.29. The molecule has 1 aromatic rings. The molecule has 1 rings (SSSR count). The summed E-state index contributed by atoms with van der Waals surface area (Å²) in [6.07, 6.45) is -0.535. The lowest BCUT2D eigenvalue weighted by molar-refractivity contribution is 0.0520. The number of nitrogens with one attached hydrogen (secondary N) is 1. The highest BCUT2D eigenvalue weighted by atomic mass is 35.5. The van der Waals surface area contributed by atoms with E-state index in [1.807, 2.05) is 0 Å². The van der Waals surface area contributed by atoms with Crippen molar-refractivity contribution in [2.75, 3.05) is 13.2 Å². The number of hydrogen-bond donors (Lipinski definition) is 1. The largest absolute Gasteiger partial charge is 0.489 e. The first-order valence-corrected chi connectivity index (χ1v) is 6.20. The molecule has 0 saturated heterocycles. The Morgan fingerprint density at radius 1 is 1.42 bits per heavy atom. The predicted molar refractivity (Wildman–Crippen MR) is 71.1 cm³/mol. The normalized spacial score (nSPS) is 11.0. The van der Waals surface area contributed by atoms with Gasteiger partial charge >= 0.3 is 6.09 Å². The second-order valence-corrected chi connectivity index (χ2v) is 5.29. The molecule has 0 saturated carbocycles. The number of carbonyl (C=O) groups excluding carboxylic acids is 1. The van der Waals surface area contributed by atoms with Crippen LogP contribution in [-0.2, 0) is 4.74 Å². The van der Waals surface area contributed by atoms with Crippen LogP contribution in [0.3, 0.4) is 0 Å². The maximum Gasteiger partial charge on any atom is 0.407 e. The molecule has 0 aliphatic heterocycles. The molecule has 0 aromatic heterocycles. The van der Waals surface area contributed by atoms with Gasteiger partial charge in [0.15, 0.2) is 11.6 Å². The monoisotopic (exact) mass is 289 g/mol. The van der Waals surface area contributed by atoms with Crippen molar-refractivity contribution in [3.05, 3.63) is 29.0 Å². The van der Waals surface area contributed by atoms with Gasteiger partial charge in [-0.3, -0.25) is 0 Å². The van der Waals surface area contributed by atoms with E-state index in [4.69, 9.17) is 21.1 Å². The number of halogens is 2. The summed E-state index contributed by atoms with van der Waals surface area (Å²) < 4.78 is 23.5. The number of rotatable bonds is 4.